The second-order valence-corrected chi connectivity index (χ2v) is 6.44. The third-order valence-electron chi connectivity index (χ3n) is 3.00. The molecule has 3 nitrogen and oxygen atoms in total. The van der Waals surface area contributed by atoms with E-state index in [-0.39, 0.29) is 5.16 Å². The highest BCUT2D eigenvalue weighted by Gasteiger charge is 2.38. The van der Waals surface area contributed by atoms with Crippen LogP contribution in [0, 0.1) is 0 Å². The van der Waals surface area contributed by atoms with Gasteiger partial charge < -0.3 is 13.3 Å². The fourth-order valence-corrected chi connectivity index (χ4v) is 5.65. The molecule has 0 aliphatic rings. The summed E-state index contributed by atoms with van der Waals surface area (Å²) < 4.78 is 15.8. The van der Waals surface area contributed by atoms with Crippen LogP contribution < -0.4 is 0 Å². The normalized spacial score (nSPS) is 12.5. The van der Waals surface area contributed by atoms with Gasteiger partial charge in [0.15, 0.2) is 0 Å². The van der Waals surface area contributed by atoms with E-state index in [1.54, 1.807) is 37.6 Å². The minimum atomic E-state index is -0.256. The average Bonchev–Trinajstić information content (AvgIpc) is 3.16. The van der Waals surface area contributed by atoms with E-state index in [4.69, 9.17) is 13.3 Å². The second kappa shape index (κ2) is 4.94. The van der Waals surface area contributed by atoms with E-state index in [0.717, 1.165) is 16.7 Å². The van der Waals surface area contributed by atoms with Crippen molar-refractivity contribution >= 4 is 28.3 Å². The summed E-state index contributed by atoms with van der Waals surface area (Å²) in [6.07, 6.45) is 11.0. The van der Waals surface area contributed by atoms with Crippen LogP contribution in [0.5, 0.6) is 0 Å². The molecule has 0 fully saturated rings. The molecule has 3 rings (SSSR count). The Kier molecular flexibility index (Phi) is 3.31. The highest BCUT2D eigenvalue weighted by Crippen LogP contribution is 2.56. The number of hydrogen-bond donors (Lipinski definition) is 0. The maximum absolute atomic E-state index is 5.26. The molecule has 0 saturated carbocycles. The first-order valence-electron chi connectivity index (χ1n) is 5.34. The summed E-state index contributed by atoms with van der Waals surface area (Å²) in [7, 11) is 0. The molecule has 5 heteroatoms. The van der Waals surface area contributed by atoms with Crippen LogP contribution in [-0.4, -0.2) is 0 Å². The Morgan fingerprint density at radius 3 is 1.39 bits per heavy atom. The summed E-state index contributed by atoms with van der Waals surface area (Å²) >= 11 is 2.41. The van der Waals surface area contributed by atoms with Crippen molar-refractivity contribution < 1.29 is 13.3 Å². The standard InChI is InChI=1S/C13H10IO3P/c14-18-13(10-1-4-15-7-10,11-2-5-16-8-11)12-3-6-17-9-12/h1-9,18H. The first-order chi connectivity index (χ1) is 8.88. The minimum Gasteiger partial charge on any atom is -0.472 e. The zero-order valence-corrected chi connectivity index (χ0v) is 12.5. The third-order valence-corrected chi connectivity index (χ3v) is 6.58. The Morgan fingerprint density at radius 1 is 0.778 bits per heavy atom. The van der Waals surface area contributed by atoms with Crippen molar-refractivity contribution in [3.05, 3.63) is 72.5 Å². The SMILES string of the molecule is IPC(c1ccoc1)(c1ccoc1)c1ccoc1. The second-order valence-electron chi connectivity index (χ2n) is 3.88. The first kappa shape index (κ1) is 12.1. The van der Waals surface area contributed by atoms with Gasteiger partial charge in [-0.25, -0.2) is 0 Å². The van der Waals surface area contributed by atoms with Crippen molar-refractivity contribution in [3.63, 3.8) is 0 Å². The van der Waals surface area contributed by atoms with Crippen LogP contribution in [0.2, 0.25) is 0 Å². The minimum absolute atomic E-state index is 0.256. The quantitative estimate of drug-likeness (QED) is 0.489. The smallest absolute Gasteiger partial charge is 0.0950 e. The van der Waals surface area contributed by atoms with Crippen molar-refractivity contribution in [1.29, 1.82) is 0 Å². The Balaban J connectivity index is 2.25. The molecule has 92 valence electrons. The van der Waals surface area contributed by atoms with Crippen LogP contribution in [0.3, 0.4) is 0 Å². The Morgan fingerprint density at radius 2 is 1.17 bits per heavy atom. The van der Waals surface area contributed by atoms with Gasteiger partial charge in [0, 0.05) is 16.7 Å². The van der Waals surface area contributed by atoms with Gasteiger partial charge in [-0.15, -0.1) is 0 Å². The van der Waals surface area contributed by atoms with Gasteiger partial charge in [0.25, 0.3) is 0 Å². The van der Waals surface area contributed by atoms with Crippen LogP contribution in [0.25, 0.3) is 0 Å². The van der Waals surface area contributed by atoms with Crippen LogP contribution in [-0.2, 0) is 5.16 Å². The van der Waals surface area contributed by atoms with E-state index < -0.39 is 0 Å². The van der Waals surface area contributed by atoms with E-state index in [2.05, 4.69) is 22.0 Å². The lowest BCUT2D eigenvalue weighted by Gasteiger charge is -2.28. The average molecular weight is 372 g/mol. The van der Waals surface area contributed by atoms with Crippen molar-refractivity contribution in [2.24, 2.45) is 0 Å². The molecule has 0 bridgehead atoms. The van der Waals surface area contributed by atoms with Crippen LogP contribution >= 0.6 is 28.3 Å². The summed E-state index contributed by atoms with van der Waals surface area (Å²) in [5.74, 6) is 0. The highest BCUT2D eigenvalue weighted by atomic mass is 127. The maximum atomic E-state index is 5.26. The molecule has 18 heavy (non-hydrogen) atoms. The molecule has 0 amide bonds. The summed E-state index contributed by atoms with van der Waals surface area (Å²) in [6.45, 7) is 0. The van der Waals surface area contributed by atoms with Crippen molar-refractivity contribution in [2.45, 2.75) is 5.16 Å². The number of halogens is 1. The maximum Gasteiger partial charge on any atom is 0.0950 e. The summed E-state index contributed by atoms with van der Waals surface area (Å²) in [5.41, 5.74) is 3.33. The van der Waals surface area contributed by atoms with Crippen LogP contribution in [0.15, 0.2) is 69.0 Å². The topological polar surface area (TPSA) is 39.4 Å². The summed E-state index contributed by atoms with van der Waals surface area (Å²) in [5, 5.41) is -0.256. The van der Waals surface area contributed by atoms with E-state index in [1.807, 2.05) is 18.2 Å². The lowest BCUT2D eigenvalue weighted by atomic mass is 9.88. The van der Waals surface area contributed by atoms with Gasteiger partial charge in [-0.2, -0.15) is 0 Å². The van der Waals surface area contributed by atoms with E-state index in [0.29, 0.717) is 6.22 Å². The number of furan rings is 3. The zero-order valence-electron chi connectivity index (χ0n) is 9.30. The molecule has 0 saturated heterocycles. The van der Waals surface area contributed by atoms with Gasteiger partial charge in [-0.05, 0) is 24.4 Å². The van der Waals surface area contributed by atoms with Gasteiger partial charge in [0.1, 0.15) is 0 Å². The molecule has 3 aromatic rings. The molecule has 0 spiro atoms. The molecule has 3 aromatic heterocycles. The lowest BCUT2D eigenvalue weighted by Crippen LogP contribution is -2.20. The van der Waals surface area contributed by atoms with Gasteiger partial charge in [-0.1, -0.05) is 22.0 Å². The molecule has 0 N–H and O–H groups in total. The fraction of sp³-hybridized carbons (Fsp3) is 0.0769. The monoisotopic (exact) mass is 372 g/mol. The zero-order chi connectivity index (χ0) is 12.4. The van der Waals surface area contributed by atoms with Crippen molar-refractivity contribution in [2.75, 3.05) is 0 Å². The molecular weight excluding hydrogens is 362 g/mol. The molecule has 0 aliphatic carbocycles. The van der Waals surface area contributed by atoms with Crippen LogP contribution in [0.1, 0.15) is 16.7 Å². The van der Waals surface area contributed by atoms with Crippen molar-refractivity contribution in [3.8, 4) is 0 Å². The fourth-order valence-electron chi connectivity index (χ4n) is 2.10. The predicted molar refractivity (Wildman–Crippen MR) is 78.3 cm³/mol. The number of rotatable bonds is 4. The molecule has 0 radical (unpaired) electrons. The van der Waals surface area contributed by atoms with Crippen LogP contribution in [0.4, 0.5) is 0 Å². The van der Waals surface area contributed by atoms with Gasteiger partial charge in [-0.3, -0.25) is 0 Å². The molecule has 0 aromatic carbocycles. The van der Waals surface area contributed by atoms with E-state index in [1.165, 1.54) is 0 Å². The first-order valence-corrected chi connectivity index (χ1v) is 9.45. The van der Waals surface area contributed by atoms with Crippen molar-refractivity contribution in [1.82, 2.24) is 0 Å². The van der Waals surface area contributed by atoms with E-state index in [9.17, 15) is 0 Å². The van der Waals surface area contributed by atoms with Gasteiger partial charge in [0.05, 0.1) is 42.7 Å². The lowest BCUT2D eigenvalue weighted by molar-refractivity contribution is 0.551. The third kappa shape index (κ3) is 1.75. The Bertz CT molecular complexity index is 500. The summed E-state index contributed by atoms with van der Waals surface area (Å²) in [4.78, 5) is 0. The molecule has 1 atom stereocenters. The molecule has 1 unspecified atom stereocenters. The molecule has 0 aliphatic heterocycles. The Labute approximate surface area is 119 Å². The van der Waals surface area contributed by atoms with E-state index >= 15 is 0 Å². The highest BCUT2D eigenvalue weighted by molar-refractivity contribution is 14.2. The molecular formula is C13H10IO3P. The number of hydrogen-bond acceptors (Lipinski definition) is 3. The largest absolute Gasteiger partial charge is 0.472 e. The Hall–Kier alpha value is -1.00. The van der Waals surface area contributed by atoms with Gasteiger partial charge >= 0.3 is 0 Å². The summed E-state index contributed by atoms with van der Waals surface area (Å²) in [6, 6.07) is 5.98. The van der Waals surface area contributed by atoms with Gasteiger partial charge in [0.2, 0.25) is 0 Å². The molecule has 3 heterocycles. The predicted octanol–water partition coefficient (Wildman–Crippen LogP) is 4.79.